The number of nitrogens with zero attached hydrogens (tertiary/aromatic N) is 1. The fourth-order valence-electron chi connectivity index (χ4n) is 3.28. The fourth-order valence-corrected chi connectivity index (χ4v) is 3.28. The summed E-state index contributed by atoms with van der Waals surface area (Å²) in [7, 11) is 0. The normalized spacial score (nSPS) is 16.2. The zero-order valence-corrected chi connectivity index (χ0v) is 12.8. The minimum atomic E-state index is 0.268. The maximum absolute atomic E-state index is 6.14. The average Bonchev–Trinajstić information content (AvgIpc) is 2.73. The van der Waals surface area contributed by atoms with Gasteiger partial charge in [0.05, 0.1) is 6.04 Å². The van der Waals surface area contributed by atoms with Gasteiger partial charge < -0.3 is 10.6 Å². The van der Waals surface area contributed by atoms with Crippen LogP contribution < -0.4 is 10.6 Å². The van der Waals surface area contributed by atoms with Crippen molar-refractivity contribution in [1.29, 1.82) is 0 Å². The van der Waals surface area contributed by atoms with Crippen LogP contribution in [0.4, 0.5) is 5.69 Å². The number of hydrogen-bond acceptors (Lipinski definition) is 2. The van der Waals surface area contributed by atoms with Gasteiger partial charge in [-0.3, -0.25) is 0 Å². The summed E-state index contributed by atoms with van der Waals surface area (Å²) in [5, 5.41) is 0. The molecule has 2 heteroatoms. The molecule has 2 N–H and O–H groups in total. The molecule has 2 aromatic rings. The van der Waals surface area contributed by atoms with Crippen molar-refractivity contribution in [2.75, 3.05) is 18.0 Å². The molecule has 0 bridgehead atoms. The van der Waals surface area contributed by atoms with Gasteiger partial charge in [-0.05, 0) is 43.4 Å². The van der Waals surface area contributed by atoms with E-state index in [9.17, 15) is 0 Å². The Morgan fingerprint density at radius 3 is 2.57 bits per heavy atom. The van der Waals surface area contributed by atoms with Crippen LogP contribution in [-0.2, 0) is 6.42 Å². The van der Waals surface area contributed by atoms with Crippen molar-refractivity contribution in [3.8, 4) is 0 Å². The molecule has 0 saturated carbocycles. The van der Waals surface area contributed by atoms with Crippen LogP contribution in [0, 0.1) is 6.92 Å². The van der Waals surface area contributed by atoms with E-state index in [2.05, 4.69) is 60.4 Å². The molecule has 2 nitrogen and oxygen atoms in total. The summed E-state index contributed by atoms with van der Waals surface area (Å²) in [6.07, 6.45) is 3.67. The summed E-state index contributed by atoms with van der Waals surface area (Å²) in [4.78, 5) is 2.51. The number of rotatable bonds is 3. The molecule has 110 valence electrons. The second-order valence-corrected chi connectivity index (χ2v) is 5.94. The summed E-state index contributed by atoms with van der Waals surface area (Å²) < 4.78 is 0. The highest BCUT2D eigenvalue weighted by molar-refractivity contribution is 5.56. The van der Waals surface area contributed by atoms with E-state index in [0.717, 1.165) is 6.54 Å². The Bertz CT molecular complexity index is 589. The molecule has 1 heterocycles. The van der Waals surface area contributed by atoms with Gasteiger partial charge in [-0.15, -0.1) is 0 Å². The molecule has 1 aliphatic heterocycles. The molecular formula is C19H24N2. The lowest BCUT2D eigenvalue weighted by Gasteiger charge is -2.33. The zero-order chi connectivity index (χ0) is 14.7. The van der Waals surface area contributed by atoms with Crippen LogP contribution in [-0.4, -0.2) is 13.1 Å². The predicted molar refractivity (Wildman–Crippen MR) is 89.7 cm³/mol. The van der Waals surface area contributed by atoms with Gasteiger partial charge in [0.15, 0.2) is 0 Å². The van der Waals surface area contributed by atoms with Crippen molar-refractivity contribution in [2.24, 2.45) is 5.73 Å². The molecule has 1 atom stereocenters. The maximum Gasteiger partial charge on any atom is 0.0664 e. The molecule has 3 rings (SSSR count). The maximum atomic E-state index is 6.14. The minimum absolute atomic E-state index is 0.268. The number of fused-ring (bicyclic) bond motifs is 1. The standard InChI is InChI=1S/C19H24N2/c1-15-9-11-17(12-10-15)19(14-20)21-13-5-4-7-16-6-2-3-8-18(16)21/h2-3,6,8-12,19H,4-5,7,13-14,20H2,1H3. The van der Waals surface area contributed by atoms with Gasteiger partial charge in [-0.2, -0.15) is 0 Å². The van der Waals surface area contributed by atoms with Crippen LogP contribution in [0.5, 0.6) is 0 Å². The largest absolute Gasteiger partial charge is 0.363 e. The number of benzene rings is 2. The molecule has 21 heavy (non-hydrogen) atoms. The quantitative estimate of drug-likeness (QED) is 0.925. The number of aryl methyl sites for hydroxylation is 2. The van der Waals surface area contributed by atoms with Gasteiger partial charge in [0.1, 0.15) is 0 Å². The summed E-state index contributed by atoms with van der Waals surface area (Å²) in [5.74, 6) is 0. The SMILES string of the molecule is Cc1ccc(C(CN)N2CCCCc3ccccc32)cc1. The lowest BCUT2D eigenvalue weighted by atomic mass is 10.0. The highest BCUT2D eigenvalue weighted by atomic mass is 15.2. The van der Waals surface area contributed by atoms with Crippen LogP contribution >= 0.6 is 0 Å². The molecule has 0 radical (unpaired) electrons. The number of anilines is 1. The number of nitrogens with two attached hydrogens (primary N) is 1. The molecule has 1 aliphatic rings. The van der Waals surface area contributed by atoms with Crippen LogP contribution in [0.1, 0.15) is 35.6 Å². The van der Waals surface area contributed by atoms with Crippen LogP contribution in [0.2, 0.25) is 0 Å². The van der Waals surface area contributed by atoms with Gasteiger partial charge in [-0.25, -0.2) is 0 Å². The van der Waals surface area contributed by atoms with Crippen molar-refractivity contribution in [3.63, 3.8) is 0 Å². The van der Waals surface area contributed by atoms with Crippen molar-refractivity contribution >= 4 is 5.69 Å². The Labute approximate surface area is 127 Å². The minimum Gasteiger partial charge on any atom is -0.363 e. The molecule has 1 unspecified atom stereocenters. The Morgan fingerprint density at radius 1 is 1.05 bits per heavy atom. The Hall–Kier alpha value is -1.80. The van der Waals surface area contributed by atoms with Crippen molar-refractivity contribution in [1.82, 2.24) is 0 Å². The van der Waals surface area contributed by atoms with E-state index < -0.39 is 0 Å². The first-order chi connectivity index (χ1) is 10.3. The third-order valence-electron chi connectivity index (χ3n) is 4.46. The second kappa shape index (κ2) is 6.31. The zero-order valence-electron chi connectivity index (χ0n) is 12.8. The van der Waals surface area contributed by atoms with Gasteiger partial charge in [-0.1, -0.05) is 48.0 Å². The molecule has 0 aliphatic carbocycles. The molecule has 0 fully saturated rings. The third kappa shape index (κ3) is 2.96. The predicted octanol–water partition coefficient (Wildman–Crippen LogP) is 3.84. The Morgan fingerprint density at radius 2 is 1.81 bits per heavy atom. The van der Waals surface area contributed by atoms with E-state index >= 15 is 0 Å². The highest BCUT2D eigenvalue weighted by Crippen LogP contribution is 2.33. The highest BCUT2D eigenvalue weighted by Gasteiger charge is 2.23. The van der Waals surface area contributed by atoms with E-state index in [1.54, 1.807) is 0 Å². The molecule has 0 spiro atoms. The first-order valence-corrected chi connectivity index (χ1v) is 7.91. The van der Waals surface area contributed by atoms with E-state index in [-0.39, 0.29) is 6.04 Å². The van der Waals surface area contributed by atoms with E-state index in [1.807, 2.05) is 0 Å². The molecule has 2 aromatic carbocycles. The molecule has 0 amide bonds. The fraction of sp³-hybridized carbons (Fsp3) is 0.368. The first kappa shape index (κ1) is 14.2. The average molecular weight is 280 g/mol. The van der Waals surface area contributed by atoms with Crippen LogP contribution in [0.25, 0.3) is 0 Å². The molecular weight excluding hydrogens is 256 g/mol. The lowest BCUT2D eigenvalue weighted by Crippen LogP contribution is -2.34. The number of hydrogen-bond donors (Lipinski definition) is 1. The summed E-state index contributed by atoms with van der Waals surface area (Å²) >= 11 is 0. The third-order valence-corrected chi connectivity index (χ3v) is 4.46. The van der Waals surface area contributed by atoms with Crippen LogP contribution in [0.15, 0.2) is 48.5 Å². The first-order valence-electron chi connectivity index (χ1n) is 7.91. The van der Waals surface area contributed by atoms with E-state index in [1.165, 1.54) is 41.6 Å². The summed E-state index contributed by atoms with van der Waals surface area (Å²) in [6.45, 7) is 3.87. The van der Waals surface area contributed by atoms with Crippen molar-refractivity contribution in [3.05, 3.63) is 65.2 Å². The van der Waals surface area contributed by atoms with Crippen molar-refractivity contribution < 1.29 is 0 Å². The number of para-hydroxylation sites is 1. The smallest absolute Gasteiger partial charge is 0.0664 e. The summed E-state index contributed by atoms with van der Waals surface area (Å²) in [5.41, 5.74) is 11.6. The van der Waals surface area contributed by atoms with Gasteiger partial charge in [0, 0.05) is 18.8 Å². The van der Waals surface area contributed by atoms with Gasteiger partial charge in [0.2, 0.25) is 0 Å². The van der Waals surface area contributed by atoms with E-state index in [4.69, 9.17) is 5.73 Å². The molecule has 0 aromatic heterocycles. The topological polar surface area (TPSA) is 29.3 Å². The summed E-state index contributed by atoms with van der Waals surface area (Å²) in [6, 6.07) is 17.9. The van der Waals surface area contributed by atoms with Gasteiger partial charge >= 0.3 is 0 Å². The van der Waals surface area contributed by atoms with Crippen LogP contribution in [0.3, 0.4) is 0 Å². The van der Waals surface area contributed by atoms with Gasteiger partial charge in [0.25, 0.3) is 0 Å². The Balaban J connectivity index is 1.98. The lowest BCUT2D eigenvalue weighted by molar-refractivity contribution is 0.611. The Kier molecular flexibility index (Phi) is 4.26. The monoisotopic (exact) mass is 280 g/mol. The van der Waals surface area contributed by atoms with Crippen molar-refractivity contribution in [2.45, 2.75) is 32.2 Å². The van der Waals surface area contributed by atoms with E-state index in [0.29, 0.717) is 6.54 Å². The molecule has 0 saturated heterocycles. The second-order valence-electron chi connectivity index (χ2n) is 5.94.